The van der Waals surface area contributed by atoms with Crippen LogP contribution in [0.1, 0.15) is 27.2 Å². The quantitative estimate of drug-likeness (QED) is 0.569. The fourth-order valence-corrected chi connectivity index (χ4v) is 1.01. The maximum atomic E-state index is 4.05. The summed E-state index contributed by atoms with van der Waals surface area (Å²) in [5.41, 5.74) is 2.57. The van der Waals surface area contributed by atoms with Gasteiger partial charge in [-0.05, 0) is 32.5 Å². The van der Waals surface area contributed by atoms with E-state index in [2.05, 4.69) is 45.4 Å². The monoisotopic (exact) mass is 167 g/mol. The van der Waals surface area contributed by atoms with Gasteiger partial charge >= 0.3 is 0 Å². The van der Waals surface area contributed by atoms with Gasteiger partial charge in [-0.15, -0.1) is 0 Å². The van der Waals surface area contributed by atoms with Gasteiger partial charge in [0.05, 0.1) is 0 Å². The largest absolute Gasteiger partial charge is 0.302 e. The van der Waals surface area contributed by atoms with E-state index in [0.29, 0.717) is 0 Å². The smallest absolute Gasteiger partial charge is 0.0227 e. The highest BCUT2D eigenvalue weighted by Crippen LogP contribution is 2.08. The number of nitrogens with zero attached hydrogens (tertiary/aromatic N) is 1. The second kappa shape index (κ2) is 6.01. The maximum Gasteiger partial charge on any atom is 0.0227 e. The lowest BCUT2D eigenvalue weighted by Gasteiger charge is -2.15. The van der Waals surface area contributed by atoms with Crippen molar-refractivity contribution >= 4 is 0 Å². The van der Waals surface area contributed by atoms with E-state index in [0.717, 1.165) is 19.5 Å². The Labute approximate surface area is 76.8 Å². The maximum absolute atomic E-state index is 4.05. The summed E-state index contributed by atoms with van der Waals surface area (Å²) in [6.45, 7) is 12.6. The van der Waals surface area contributed by atoms with E-state index in [9.17, 15) is 0 Å². The Morgan fingerprint density at radius 1 is 1.42 bits per heavy atom. The van der Waals surface area contributed by atoms with Crippen LogP contribution in [0, 0.1) is 0 Å². The molecule has 0 saturated heterocycles. The highest BCUT2D eigenvalue weighted by molar-refractivity contribution is 5.27. The molecule has 0 rings (SSSR count). The van der Waals surface area contributed by atoms with Gasteiger partial charge in [0.1, 0.15) is 0 Å². The fraction of sp³-hybridized carbons (Fsp3) is 0.636. The first-order valence-electron chi connectivity index (χ1n) is 4.65. The minimum absolute atomic E-state index is 0.985. The van der Waals surface area contributed by atoms with Crippen LogP contribution >= 0.6 is 0 Å². The minimum Gasteiger partial charge on any atom is -0.302 e. The molecule has 0 spiro atoms. The van der Waals surface area contributed by atoms with Crippen LogP contribution in [0.3, 0.4) is 0 Å². The molecule has 12 heavy (non-hydrogen) atoms. The molecule has 0 N–H and O–H groups in total. The zero-order valence-electron chi connectivity index (χ0n) is 8.85. The molecule has 1 nitrogen and oxygen atoms in total. The van der Waals surface area contributed by atoms with Gasteiger partial charge in [-0.25, -0.2) is 0 Å². The SMILES string of the molecule is C=C(CN(C)CC)/C(C)=C\CC. The standard InChI is InChI=1S/C11H21N/c1-6-8-10(3)11(4)9-12(5)7-2/h8H,4,6-7,9H2,1-3,5H3/b10-8-. The highest BCUT2D eigenvalue weighted by atomic mass is 15.1. The molecule has 0 aliphatic heterocycles. The first-order valence-corrected chi connectivity index (χ1v) is 4.65. The second-order valence-electron chi connectivity index (χ2n) is 3.23. The van der Waals surface area contributed by atoms with Crippen molar-refractivity contribution in [3.63, 3.8) is 0 Å². The average Bonchev–Trinajstić information content (AvgIpc) is 2.04. The summed E-state index contributed by atoms with van der Waals surface area (Å²) in [4.78, 5) is 2.26. The number of likely N-dealkylation sites (N-methyl/N-ethyl adjacent to an activating group) is 1. The molecule has 0 fully saturated rings. The number of hydrogen-bond acceptors (Lipinski definition) is 1. The lowest BCUT2D eigenvalue weighted by Crippen LogP contribution is -2.20. The van der Waals surface area contributed by atoms with Crippen molar-refractivity contribution in [2.75, 3.05) is 20.1 Å². The van der Waals surface area contributed by atoms with Crippen molar-refractivity contribution in [3.05, 3.63) is 23.8 Å². The molecule has 0 radical (unpaired) electrons. The van der Waals surface area contributed by atoms with Crippen molar-refractivity contribution in [2.24, 2.45) is 0 Å². The first kappa shape index (κ1) is 11.4. The van der Waals surface area contributed by atoms with E-state index in [1.807, 2.05) is 0 Å². The Bertz CT molecular complexity index is 168. The summed E-state index contributed by atoms with van der Waals surface area (Å²) in [6.07, 6.45) is 3.33. The van der Waals surface area contributed by atoms with E-state index in [4.69, 9.17) is 0 Å². The third-order valence-electron chi connectivity index (χ3n) is 2.07. The summed E-state index contributed by atoms with van der Waals surface area (Å²) in [6, 6.07) is 0. The number of allylic oxidation sites excluding steroid dienone is 1. The Kier molecular flexibility index (Phi) is 5.73. The van der Waals surface area contributed by atoms with Crippen LogP contribution in [0.15, 0.2) is 23.8 Å². The topological polar surface area (TPSA) is 3.24 Å². The van der Waals surface area contributed by atoms with Gasteiger partial charge in [0, 0.05) is 6.54 Å². The minimum atomic E-state index is 0.985. The predicted octanol–water partition coefficient (Wildman–Crippen LogP) is 2.85. The number of rotatable bonds is 5. The zero-order chi connectivity index (χ0) is 9.56. The summed E-state index contributed by atoms with van der Waals surface area (Å²) in [5.74, 6) is 0. The van der Waals surface area contributed by atoms with Crippen LogP contribution < -0.4 is 0 Å². The van der Waals surface area contributed by atoms with Gasteiger partial charge in [-0.2, -0.15) is 0 Å². The zero-order valence-corrected chi connectivity index (χ0v) is 8.85. The van der Waals surface area contributed by atoms with Crippen molar-refractivity contribution in [1.29, 1.82) is 0 Å². The van der Waals surface area contributed by atoms with E-state index < -0.39 is 0 Å². The van der Waals surface area contributed by atoms with Crippen LogP contribution in [0.25, 0.3) is 0 Å². The van der Waals surface area contributed by atoms with Gasteiger partial charge in [0.15, 0.2) is 0 Å². The molecule has 1 heteroatoms. The van der Waals surface area contributed by atoms with Crippen LogP contribution in [-0.2, 0) is 0 Å². The Morgan fingerprint density at radius 2 is 2.00 bits per heavy atom. The van der Waals surface area contributed by atoms with Gasteiger partial charge in [0.25, 0.3) is 0 Å². The lowest BCUT2D eigenvalue weighted by atomic mass is 10.1. The molecule has 0 heterocycles. The average molecular weight is 167 g/mol. The van der Waals surface area contributed by atoms with Crippen molar-refractivity contribution < 1.29 is 0 Å². The lowest BCUT2D eigenvalue weighted by molar-refractivity contribution is 0.385. The fourth-order valence-electron chi connectivity index (χ4n) is 1.01. The van der Waals surface area contributed by atoms with Crippen LogP contribution in [-0.4, -0.2) is 25.0 Å². The molecule has 0 atom stereocenters. The highest BCUT2D eigenvalue weighted by Gasteiger charge is 1.99. The van der Waals surface area contributed by atoms with E-state index >= 15 is 0 Å². The normalized spacial score (nSPS) is 12.2. The molecule has 0 aromatic carbocycles. The van der Waals surface area contributed by atoms with E-state index in [1.165, 1.54) is 11.1 Å². The summed E-state index contributed by atoms with van der Waals surface area (Å²) >= 11 is 0. The molecule has 0 aromatic heterocycles. The van der Waals surface area contributed by atoms with Crippen molar-refractivity contribution in [2.45, 2.75) is 27.2 Å². The molecule has 70 valence electrons. The van der Waals surface area contributed by atoms with Gasteiger partial charge in [-0.1, -0.05) is 32.1 Å². The van der Waals surface area contributed by atoms with Crippen LogP contribution in [0.2, 0.25) is 0 Å². The first-order chi connectivity index (χ1) is 5.61. The van der Waals surface area contributed by atoms with Crippen LogP contribution in [0.5, 0.6) is 0 Å². The predicted molar refractivity (Wildman–Crippen MR) is 56.4 cm³/mol. The summed E-state index contributed by atoms with van der Waals surface area (Å²) < 4.78 is 0. The molecular formula is C11H21N. The summed E-state index contributed by atoms with van der Waals surface area (Å²) in [5, 5.41) is 0. The van der Waals surface area contributed by atoms with Crippen molar-refractivity contribution in [3.8, 4) is 0 Å². The summed E-state index contributed by atoms with van der Waals surface area (Å²) in [7, 11) is 2.12. The molecule has 0 bridgehead atoms. The Hall–Kier alpha value is -0.560. The molecule has 0 amide bonds. The van der Waals surface area contributed by atoms with E-state index in [1.54, 1.807) is 0 Å². The van der Waals surface area contributed by atoms with Gasteiger partial charge < -0.3 is 4.90 Å². The van der Waals surface area contributed by atoms with Gasteiger partial charge in [-0.3, -0.25) is 0 Å². The molecule has 0 aromatic rings. The molecule has 0 aliphatic carbocycles. The molecule has 0 saturated carbocycles. The molecule has 0 aliphatic rings. The van der Waals surface area contributed by atoms with Crippen molar-refractivity contribution in [1.82, 2.24) is 4.90 Å². The molecule has 0 unspecified atom stereocenters. The van der Waals surface area contributed by atoms with E-state index in [-0.39, 0.29) is 0 Å². The third-order valence-corrected chi connectivity index (χ3v) is 2.07. The Balaban J connectivity index is 3.95. The second-order valence-corrected chi connectivity index (χ2v) is 3.23. The number of hydrogen-bond donors (Lipinski definition) is 0. The third kappa shape index (κ3) is 4.35. The van der Waals surface area contributed by atoms with Gasteiger partial charge in [0.2, 0.25) is 0 Å². The molecular weight excluding hydrogens is 146 g/mol. The Morgan fingerprint density at radius 3 is 2.42 bits per heavy atom. The van der Waals surface area contributed by atoms with Crippen LogP contribution in [0.4, 0.5) is 0 Å².